The van der Waals surface area contributed by atoms with Gasteiger partial charge in [0.1, 0.15) is 6.04 Å². The average molecular weight is 434 g/mol. The fourth-order valence-electron chi connectivity index (χ4n) is 3.79. The number of nitrogens with one attached hydrogen (secondary N) is 1. The number of imide groups is 1. The molecule has 2 aromatic carbocycles. The van der Waals surface area contributed by atoms with Crippen molar-refractivity contribution in [1.82, 2.24) is 9.88 Å². The number of carbonyl (C=O) groups excluding carboxylic acids is 3. The number of anilines is 1. The molecule has 1 unspecified atom stereocenters. The molecule has 3 amide bonds. The van der Waals surface area contributed by atoms with E-state index in [4.69, 9.17) is 0 Å². The van der Waals surface area contributed by atoms with E-state index in [1.165, 1.54) is 11.3 Å². The van der Waals surface area contributed by atoms with Crippen LogP contribution in [0.1, 0.15) is 45.0 Å². The highest BCUT2D eigenvalue weighted by atomic mass is 32.1. The summed E-state index contributed by atoms with van der Waals surface area (Å²) in [5.74, 6) is -1.57. The lowest BCUT2D eigenvalue weighted by molar-refractivity contribution is -0.121. The quantitative estimate of drug-likeness (QED) is 0.592. The Morgan fingerprint density at radius 1 is 0.968 bits per heavy atom. The minimum atomic E-state index is -0.931. The molecule has 31 heavy (non-hydrogen) atoms. The first-order chi connectivity index (χ1) is 14.8. The first-order valence-corrected chi connectivity index (χ1v) is 10.9. The number of nitrogens with zero attached hydrogens (tertiary/aromatic N) is 2. The molecule has 7 heteroatoms. The number of fused-ring (bicyclic) bond motifs is 1. The predicted molar refractivity (Wildman–Crippen MR) is 121 cm³/mol. The average Bonchev–Trinajstić information content (AvgIpc) is 3.21. The number of thiazole rings is 1. The van der Waals surface area contributed by atoms with Crippen LogP contribution in [0.25, 0.3) is 11.3 Å². The van der Waals surface area contributed by atoms with Crippen molar-refractivity contribution in [3.8, 4) is 11.3 Å². The van der Waals surface area contributed by atoms with Crippen LogP contribution in [0, 0.1) is 19.8 Å². The molecule has 4 rings (SSSR count). The lowest BCUT2D eigenvalue weighted by atomic mass is 10.0. The molecule has 0 radical (unpaired) electrons. The molecule has 158 valence electrons. The van der Waals surface area contributed by atoms with Crippen LogP contribution >= 0.6 is 11.3 Å². The molecule has 0 spiro atoms. The summed E-state index contributed by atoms with van der Waals surface area (Å²) in [6.07, 6.45) is 0. The number of aryl methyl sites for hydroxylation is 2. The number of hydrogen-bond acceptors (Lipinski definition) is 5. The highest BCUT2D eigenvalue weighted by Gasteiger charge is 2.44. The van der Waals surface area contributed by atoms with Crippen LogP contribution in [0.5, 0.6) is 0 Å². The number of hydrogen-bond donors (Lipinski definition) is 1. The molecule has 0 saturated carbocycles. The molecule has 6 nitrogen and oxygen atoms in total. The molecule has 0 saturated heterocycles. The van der Waals surface area contributed by atoms with Crippen LogP contribution in [-0.4, -0.2) is 33.6 Å². The summed E-state index contributed by atoms with van der Waals surface area (Å²) in [5.41, 5.74) is 3.60. The van der Waals surface area contributed by atoms with Crippen LogP contribution in [0.15, 0.2) is 48.5 Å². The highest BCUT2D eigenvalue weighted by Crippen LogP contribution is 2.32. The zero-order valence-electron chi connectivity index (χ0n) is 17.8. The van der Waals surface area contributed by atoms with Gasteiger partial charge < -0.3 is 5.32 Å². The van der Waals surface area contributed by atoms with Crippen LogP contribution in [-0.2, 0) is 4.79 Å². The zero-order valence-corrected chi connectivity index (χ0v) is 18.6. The molecule has 0 bridgehead atoms. The van der Waals surface area contributed by atoms with Crippen LogP contribution in [0.2, 0.25) is 0 Å². The van der Waals surface area contributed by atoms with E-state index in [9.17, 15) is 14.4 Å². The molecule has 1 aliphatic heterocycles. The molecular formula is C24H23N3O3S. The third kappa shape index (κ3) is 3.77. The van der Waals surface area contributed by atoms with Crippen molar-refractivity contribution >= 4 is 34.2 Å². The summed E-state index contributed by atoms with van der Waals surface area (Å²) in [4.78, 5) is 45.6. The molecule has 3 aromatic rings. The number of rotatable bonds is 5. The van der Waals surface area contributed by atoms with Gasteiger partial charge in [0.25, 0.3) is 11.8 Å². The number of aromatic nitrogens is 1. The van der Waals surface area contributed by atoms with Gasteiger partial charge in [0.15, 0.2) is 5.13 Å². The Bertz CT molecular complexity index is 1150. The minimum Gasteiger partial charge on any atom is -0.300 e. The third-order valence-corrected chi connectivity index (χ3v) is 6.24. The first-order valence-electron chi connectivity index (χ1n) is 10.1. The van der Waals surface area contributed by atoms with Gasteiger partial charge in [0, 0.05) is 10.4 Å². The van der Waals surface area contributed by atoms with Gasteiger partial charge in [-0.1, -0.05) is 55.8 Å². The second kappa shape index (κ2) is 8.07. The summed E-state index contributed by atoms with van der Waals surface area (Å²) < 4.78 is 0. The first kappa shape index (κ1) is 20.9. The van der Waals surface area contributed by atoms with Crippen molar-refractivity contribution < 1.29 is 14.4 Å². The van der Waals surface area contributed by atoms with Gasteiger partial charge in [-0.15, -0.1) is 11.3 Å². The minimum absolute atomic E-state index is 0.264. The maximum Gasteiger partial charge on any atom is 0.262 e. The van der Waals surface area contributed by atoms with E-state index in [-0.39, 0.29) is 5.92 Å². The van der Waals surface area contributed by atoms with Gasteiger partial charge in [-0.3, -0.25) is 19.3 Å². The third-order valence-electron chi connectivity index (χ3n) is 5.36. The maximum absolute atomic E-state index is 13.2. The van der Waals surface area contributed by atoms with E-state index >= 15 is 0 Å². The molecule has 1 aromatic heterocycles. The Morgan fingerprint density at radius 3 is 2.10 bits per heavy atom. The molecule has 2 heterocycles. The summed E-state index contributed by atoms with van der Waals surface area (Å²) in [6, 6.07) is 13.8. The second-order valence-corrected chi connectivity index (χ2v) is 9.20. The summed E-state index contributed by atoms with van der Waals surface area (Å²) in [6.45, 7) is 7.61. The molecular weight excluding hydrogens is 410 g/mol. The van der Waals surface area contributed by atoms with E-state index in [2.05, 4.69) is 10.3 Å². The van der Waals surface area contributed by atoms with E-state index in [0.29, 0.717) is 16.3 Å². The van der Waals surface area contributed by atoms with Crippen LogP contribution in [0.3, 0.4) is 0 Å². The maximum atomic E-state index is 13.2. The van der Waals surface area contributed by atoms with Gasteiger partial charge in [-0.05, 0) is 31.9 Å². The topological polar surface area (TPSA) is 79.4 Å². The van der Waals surface area contributed by atoms with E-state index in [0.717, 1.165) is 26.6 Å². The zero-order chi connectivity index (χ0) is 22.3. The summed E-state index contributed by atoms with van der Waals surface area (Å²) in [7, 11) is 0. The van der Waals surface area contributed by atoms with Gasteiger partial charge in [0.05, 0.1) is 16.8 Å². The normalized spacial score (nSPS) is 14.2. The van der Waals surface area contributed by atoms with E-state index in [1.54, 1.807) is 24.3 Å². The summed E-state index contributed by atoms with van der Waals surface area (Å²) >= 11 is 1.37. The predicted octanol–water partition coefficient (Wildman–Crippen LogP) is 4.69. The SMILES string of the molecule is Cc1ccc(-c2nc(NC(=O)C(C(C)C)N3C(=O)c4ccccc4C3=O)sc2C)cc1. The van der Waals surface area contributed by atoms with Crippen molar-refractivity contribution in [1.29, 1.82) is 0 Å². The Labute approximate surface area is 184 Å². The lowest BCUT2D eigenvalue weighted by Gasteiger charge is -2.27. The molecule has 1 N–H and O–H groups in total. The molecule has 0 aliphatic carbocycles. The van der Waals surface area contributed by atoms with Crippen molar-refractivity contribution in [2.45, 2.75) is 33.7 Å². The second-order valence-electron chi connectivity index (χ2n) is 7.99. The number of carbonyl (C=O) groups is 3. The molecule has 0 fully saturated rings. The van der Waals surface area contributed by atoms with Crippen LogP contribution < -0.4 is 5.32 Å². The van der Waals surface area contributed by atoms with Crippen molar-refractivity contribution in [2.75, 3.05) is 5.32 Å². The van der Waals surface area contributed by atoms with Gasteiger partial charge in [0.2, 0.25) is 5.91 Å². The molecule has 1 atom stereocenters. The highest BCUT2D eigenvalue weighted by molar-refractivity contribution is 7.16. The Kier molecular flexibility index (Phi) is 5.45. The van der Waals surface area contributed by atoms with Gasteiger partial charge in [-0.25, -0.2) is 4.98 Å². The Morgan fingerprint density at radius 2 is 1.55 bits per heavy atom. The van der Waals surface area contributed by atoms with Crippen molar-refractivity contribution in [3.05, 3.63) is 70.1 Å². The van der Waals surface area contributed by atoms with Crippen molar-refractivity contribution in [3.63, 3.8) is 0 Å². The fraction of sp³-hybridized carbons (Fsp3) is 0.250. The smallest absolute Gasteiger partial charge is 0.262 e. The number of benzene rings is 2. The fourth-order valence-corrected chi connectivity index (χ4v) is 4.63. The van der Waals surface area contributed by atoms with Crippen molar-refractivity contribution in [2.24, 2.45) is 5.92 Å². The van der Waals surface area contributed by atoms with Gasteiger partial charge >= 0.3 is 0 Å². The lowest BCUT2D eigenvalue weighted by Crippen LogP contribution is -2.50. The summed E-state index contributed by atoms with van der Waals surface area (Å²) in [5, 5.41) is 3.28. The van der Waals surface area contributed by atoms with E-state index < -0.39 is 23.8 Å². The molecule has 1 aliphatic rings. The van der Waals surface area contributed by atoms with E-state index in [1.807, 2.05) is 52.0 Å². The standard InChI is InChI=1S/C24H23N3O3S/c1-13(2)20(27-22(29)17-7-5-6-8-18(17)23(27)30)21(28)26-24-25-19(15(4)31-24)16-11-9-14(3)10-12-16/h5-13,20H,1-4H3,(H,25,26,28). The van der Waals surface area contributed by atoms with Crippen LogP contribution in [0.4, 0.5) is 5.13 Å². The Balaban J connectivity index is 1.60. The van der Waals surface area contributed by atoms with Gasteiger partial charge in [-0.2, -0.15) is 0 Å². The monoisotopic (exact) mass is 433 g/mol. The Hall–Kier alpha value is -3.32. The largest absolute Gasteiger partial charge is 0.300 e. The number of amides is 3.